The predicted octanol–water partition coefficient (Wildman–Crippen LogP) is 0.452. The van der Waals surface area contributed by atoms with Crippen molar-refractivity contribution in [2.24, 2.45) is 0 Å². The van der Waals surface area contributed by atoms with E-state index in [9.17, 15) is 9.59 Å². The Morgan fingerprint density at radius 2 is 2.20 bits per heavy atom. The Labute approximate surface area is 116 Å². The first-order valence-electron chi connectivity index (χ1n) is 6.94. The molecule has 0 bridgehead atoms. The number of hydrogen-bond donors (Lipinski definition) is 2. The molecule has 0 spiro atoms. The highest BCUT2D eigenvalue weighted by Gasteiger charge is 2.27. The molecule has 3 rings (SSSR count). The van der Waals surface area contributed by atoms with Crippen LogP contribution in [0.15, 0.2) is 12.4 Å². The highest BCUT2D eigenvalue weighted by atomic mass is 16.5. The largest absolute Gasteiger partial charge is 0.381 e. The second-order valence-corrected chi connectivity index (χ2v) is 5.20. The summed E-state index contributed by atoms with van der Waals surface area (Å²) < 4.78 is 7.20. The molecule has 2 saturated heterocycles. The number of rotatable bonds is 3. The number of nitrogens with one attached hydrogen (secondary N) is 2. The zero-order valence-electron chi connectivity index (χ0n) is 11.2. The van der Waals surface area contributed by atoms with Gasteiger partial charge in [0.1, 0.15) is 6.04 Å². The molecular weight excluding hydrogens is 260 g/mol. The van der Waals surface area contributed by atoms with E-state index in [1.165, 1.54) is 0 Å². The number of carbonyl (C=O) groups is 2. The Morgan fingerprint density at radius 1 is 1.40 bits per heavy atom. The van der Waals surface area contributed by atoms with Crippen LogP contribution in [0.5, 0.6) is 0 Å². The van der Waals surface area contributed by atoms with Crippen molar-refractivity contribution < 1.29 is 14.3 Å². The molecule has 0 unspecified atom stereocenters. The monoisotopic (exact) mass is 278 g/mol. The molecule has 7 heteroatoms. The molecule has 20 heavy (non-hydrogen) atoms. The maximum Gasteiger partial charge on any atom is 0.247 e. The fraction of sp³-hybridized carbons (Fsp3) is 0.615. The van der Waals surface area contributed by atoms with Crippen molar-refractivity contribution in [2.45, 2.75) is 37.8 Å². The van der Waals surface area contributed by atoms with E-state index in [-0.39, 0.29) is 11.8 Å². The number of carbonyl (C=O) groups excluding carboxylic acids is 2. The van der Waals surface area contributed by atoms with Gasteiger partial charge in [-0.3, -0.25) is 14.3 Å². The molecule has 2 amide bonds. The van der Waals surface area contributed by atoms with E-state index in [0.717, 1.165) is 26.1 Å². The molecule has 1 aromatic heterocycles. The summed E-state index contributed by atoms with van der Waals surface area (Å²) in [6, 6.07) is -0.0884. The molecule has 2 aliphatic heterocycles. The van der Waals surface area contributed by atoms with Gasteiger partial charge in [0.05, 0.1) is 17.9 Å². The first-order chi connectivity index (χ1) is 9.72. The van der Waals surface area contributed by atoms with Crippen LogP contribution in [0.4, 0.5) is 5.69 Å². The summed E-state index contributed by atoms with van der Waals surface area (Å²) in [4.78, 5) is 23.1. The molecule has 2 aliphatic rings. The molecule has 0 saturated carbocycles. The first kappa shape index (κ1) is 13.1. The lowest BCUT2D eigenvalue weighted by Crippen LogP contribution is -2.37. The van der Waals surface area contributed by atoms with Gasteiger partial charge in [-0.15, -0.1) is 0 Å². The lowest BCUT2D eigenvalue weighted by Gasteiger charge is -2.22. The molecule has 3 heterocycles. The summed E-state index contributed by atoms with van der Waals surface area (Å²) in [5, 5.41) is 9.74. The Kier molecular flexibility index (Phi) is 3.68. The minimum atomic E-state index is -0.422. The van der Waals surface area contributed by atoms with E-state index in [1.54, 1.807) is 6.20 Å². The van der Waals surface area contributed by atoms with Crippen molar-refractivity contribution in [1.82, 2.24) is 15.1 Å². The average Bonchev–Trinajstić information content (AvgIpc) is 3.09. The van der Waals surface area contributed by atoms with Crippen LogP contribution in [0.25, 0.3) is 0 Å². The molecule has 1 aromatic rings. The van der Waals surface area contributed by atoms with Crippen molar-refractivity contribution in [3.8, 4) is 0 Å². The van der Waals surface area contributed by atoms with Gasteiger partial charge in [-0.1, -0.05) is 0 Å². The van der Waals surface area contributed by atoms with Crippen molar-refractivity contribution >= 4 is 17.5 Å². The molecule has 1 atom stereocenters. The van der Waals surface area contributed by atoms with Gasteiger partial charge in [0, 0.05) is 25.8 Å². The second-order valence-electron chi connectivity index (χ2n) is 5.20. The van der Waals surface area contributed by atoms with Crippen LogP contribution < -0.4 is 10.6 Å². The van der Waals surface area contributed by atoms with E-state index in [1.807, 2.05) is 10.9 Å². The summed E-state index contributed by atoms with van der Waals surface area (Å²) in [6.45, 7) is 1.50. The van der Waals surface area contributed by atoms with Gasteiger partial charge in [0.15, 0.2) is 0 Å². The summed E-state index contributed by atoms with van der Waals surface area (Å²) in [5.41, 5.74) is 0.669. The minimum absolute atomic E-state index is 0.0666. The summed E-state index contributed by atoms with van der Waals surface area (Å²) >= 11 is 0. The first-order valence-corrected chi connectivity index (χ1v) is 6.94. The molecule has 2 N–H and O–H groups in total. The van der Waals surface area contributed by atoms with Crippen molar-refractivity contribution in [3.05, 3.63) is 12.4 Å². The van der Waals surface area contributed by atoms with Crippen LogP contribution in [-0.2, 0) is 14.3 Å². The Balaban J connectivity index is 1.59. The third-order valence-electron chi connectivity index (χ3n) is 3.75. The third-order valence-corrected chi connectivity index (χ3v) is 3.75. The highest BCUT2D eigenvalue weighted by molar-refractivity contribution is 5.98. The second kappa shape index (κ2) is 5.62. The maximum absolute atomic E-state index is 12.0. The van der Waals surface area contributed by atoms with E-state index in [0.29, 0.717) is 24.6 Å². The maximum atomic E-state index is 12.0. The van der Waals surface area contributed by atoms with E-state index in [2.05, 4.69) is 15.7 Å². The number of anilines is 1. The van der Waals surface area contributed by atoms with Crippen LogP contribution in [0.3, 0.4) is 0 Å². The minimum Gasteiger partial charge on any atom is -0.381 e. The zero-order chi connectivity index (χ0) is 13.9. The summed E-state index contributed by atoms with van der Waals surface area (Å²) in [7, 11) is 0. The van der Waals surface area contributed by atoms with E-state index in [4.69, 9.17) is 4.74 Å². The molecule has 108 valence electrons. The van der Waals surface area contributed by atoms with Gasteiger partial charge in [0.25, 0.3) is 0 Å². The highest BCUT2D eigenvalue weighted by Crippen LogP contribution is 2.21. The van der Waals surface area contributed by atoms with Crippen LogP contribution in [0.1, 0.15) is 31.7 Å². The van der Waals surface area contributed by atoms with Gasteiger partial charge in [-0.2, -0.15) is 5.10 Å². The zero-order valence-corrected chi connectivity index (χ0v) is 11.2. The van der Waals surface area contributed by atoms with E-state index < -0.39 is 6.04 Å². The fourth-order valence-corrected chi connectivity index (χ4v) is 2.59. The normalized spacial score (nSPS) is 23.6. The summed E-state index contributed by atoms with van der Waals surface area (Å²) in [6.07, 6.45) is 6.33. The van der Waals surface area contributed by atoms with Crippen molar-refractivity contribution in [3.63, 3.8) is 0 Å². The third kappa shape index (κ3) is 2.82. The number of nitrogens with zero attached hydrogens (tertiary/aromatic N) is 2. The quantitative estimate of drug-likeness (QED) is 0.840. The van der Waals surface area contributed by atoms with E-state index >= 15 is 0 Å². The van der Waals surface area contributed by atoms with Crippen LogP contribution in [-0.4, -0.2) is 40.9 Å². The standard InChI is InChI=1S/C13H18N4O3/c18-12-2-1-11(16-12)13(19)15-9-7-14-17(8-9)10-3-5-20-6-4-10/h7-8,10-11H,1-6H2,(H,15,19)(H,16,18)/t11-/m0/s1. The number of ether oxygens (including phenoxy) is 1. The van der Waals surface area contributed by atoms with Crippen molar-refractivity contribution in [1.29, 1.82) is 0 Å². The van der Waals surface area contributed by atoms with Gasteiger partial charge in [-0.05, 0) is 19.3 Å². The fourth-order valence-electron chi connectivity index (χ4n) is 2.59. The molecule has 0 aromatic carbocycles. The smallest absolute Gasteiger partial charge is 0.247 e. The Morgan fingerprint density at radius 3 is 2.90 bits per heavy atom. The molecule has 0 aliphatic carbocycles. The van der Waals surface area contributed by atoms with Crippen molar-refractivity contribution in [2.75, 3.05) is 18.5 Å². The van der Waals surface area contributed by atoms with Gasteiger partial charge in [0.2, 0.25) is 11.8 Å². The van der Waals surface area contributed by atoms with Crippen LogP contribution in [0.2, 0.25) is 0 Å². The van der Waals surface area contributed by atoms with Crippen LogP contribution >= 0.6 is 0 Å². The Hall–Kier alpha value is -1.89. The van der Waals surface area contributed by atoms with Gasteiger partial charge >= 0.3 is 0 Å². The molecule has 2 fully saturated rings. The van der Waals surface area contributed by atoms with Gasteiger partial charge in [-0.25, -0.2) is 0 Å². The predicted molar refractivity (Wildman–Crippen MR) is 71.1 cm³/mol. The topological polar surface area (TPSA) is 85.2 Å². The van der Waals surface area contributed by atoms with Crippen LogP contribution in [0, 0.1) is 0 Å². The molecular formula is C13H18N4O3. The molecule has 7 nitrogen and oxygen atoms in total. The number of amides is 2. The number of aromatic nitrogens is 2. The lowest BCUT2D eigenvalue weighted by atomic mass is 10.1. The van der Waals surface area contributed by atoms with Gasteiger partial charge < -0.3 is 15.4 Å². The summed E-state index contributed by atoms with van der Waals surface area (Å²) in [5.74, 6) is -0.245. The number of hydrogen-bond acceptors (Lipinski definition) is 4. The molecule has 0 radical (unpaired) electrons. The average molecular weight is 278 g/mol. The SMILES string of the molecule is O=C1CC[C@@H](C(=O)Nc2cnn(C3CCOCC3)c2)N1. The Bertz CT molecular complexity index is 507. The lowest BCUT2D eigenvalue weighted by molar-refractivity contribution is -0.122.